The molecule has 0 aliphatic heterocycles. The van der Waals surface area contributed by atoms with E-state index in [2.05, 4.69) is 20.3 Å². The molecular formula is C28H24N4O2. The van der Waals surface area contributed by atoms with Crippen molar-refractivity contribution in [1.29, 1.82) is 0 Å². The topological polar surface area (TPSA) is 90.9 Å². The highest BCUT2D eigenvalue weighted by molar-refractivity contribution is 5.89. The summed E-state index contributed by atoms with van der Waals surface area (Å²) < 4.78 is 0. The first-order chi connectivity index (χ1) is 16.7. The van der Waals surface area contributed by atoms with E-state index in [0.717, 1.165) is 44.5 Å². The molecule has 2 aromatic carbocycles. The molecule has 34 heavy (non-hydrogen) atoms. The summed E-state index contributed by atoms with van der Waals surface area (Å²) >= 11 is 0. The van der Waals surface area contributed by atoms with Crippen LogP contribution in [0.2, 0.25) is 0 Å². The predicted molar refractivity (Wildman–Crippen MR) is 133 cm³/mol. The zero-order chi connectivity index (χ0) is 23.3. The number of hydrogen-bond donors (Lipinski definition) is 3. The number of phenols is 1. The van der Waals surface area contributed by atoms with E-state index in [9.17, 15) is 9.90 Å². The average molecular weight is 449 g/mol. The number of nitrogens with one attached hydrogen (secondary N) is 2. The molecule has 0 aliphatic carbocycles. The summed E-state index contributed by atoms with van der Waals surface area (Å²) in [5, 5.41) is 15.0. The number of aromatic amines is 1. The number of H-pyrrole nitrogens is 1. The molecule has 0 saturated carbocycles. The van der Waals surface area contributed by atoms with Gasteiger partial charge in [-0.1, -0.05) is 42.5 Å². The summed E-state index contributed by atoms with van der Waals surface area (Å²) in [5.74, 6) is 0.184. The predicted octanol–water partition coefficient (Wildman–Crippen LogP) is 4.90. The maximum Gasteiger partial charge on any atom is 0.224 e. The van der Waals surface area contributed by atoms with Gasteiger partial charge in [0.2, 0.25) is 5.91 Å². The van der Waals surface area contributed by atoms with Crippen molar-refractivity contribution in [3.8, 4) is 28.1 Å². The molecule has 0 fully saturated rings. The van der Waals surface area contributed by atoms with E-state index in [0.29, 0.717) is 19.4 Å². The molecule has 0 aliphatic rings. The highest BCUT2D eigenvalue weighted by Crippen LogP contribution is 2.38. The Bertz CT molecular complexity index is 1390. The van der Waals surface area contributed by atoms with Gasteiger partial charge in [0.25, 0.3) is 0 Å². The van der Waals surface area contributed by atoms with Crippen LogP contribution in [0.25, 0.3) is 33.3 Å². The number of para-hydroxylation sites is 1. The zero-order valence-corrected chi connectivity index (χ0v) is 18.5. The van der Waals surface area contributed by atoms with Gasteiger partial charge < -0.3 is 15.4 Å². The largest absolute Gasteiger partial charge is 0.507 e. The third-order valence-corrected chi connectivity index (χ3v) is 5.81. The lowest BCUT2D eigenvalue weighted by Crippen LogP contribution is -2.27. The Morgan fingerprint density at radius 3 is 2.59 bits per heavy atom. The van der Waals surface area contributed by atoms with Gasteiger partial charge in [0.15, 0.2) is 0 Å². The molecule has 0 saturated heterocycles. The van der Waals surface area contributed by atoms with Crippen molar-refractivity contribution in [3.63, 3.8) is 0 Å². The maximum absolute atomic E-state index is 12.3. The summed E-state index contributed by atoms with van der Waals surface area (Å²) in [5.41, 5.74) is 6.03. The fourth-order valence-electron chi connectivity index (χ4n) is 4.04. The molecule has 3 heterocycles. The first-order valence-corrected chi connectivity index (χ1v) is 11.2. The molecule has 5 rings (SSSR count). The number of carbonyl (C=O) groups excluding carboxylic acids is 1. The summed E-state index contributed by atoms with van der Waals surface area (Å²) in [6.45, 7) is 0.554. The fourth-order valence-corrected chi connectivity index (χ4v) is 4.04. The van der Waals surface area contributed by atoms with E-state index >= 15 is 0 Å². The van der Waals surface area contributed by atoms with E-state index < -0.39 is 0 Å². The molecule has 6 heteroatoms. The molecule has 3 aromatic heterocycles. The summed E-state index contributed by atoms with van der Waals surface area (Å²) in [6, 6.07) is 23.1. The van der Waals surface area contributed by atoms with Crippen LogP contribution in [-0.4, -0.2) is 32.5 Å². The van der Waals surface area contributed by atoms with E-state index in [1.807, 2.05) is 72.8 Å². The summed E-state index contributed by atoms with van der Waals surface area (Å²) in [7, 11) is 0. The number of amides is 1. The monoisotopic (exact) mass is 448 g/mol. The van der Waals surface area contributed by atoms with Crippen LogP contribution in [0.3, 0.4) is 0 Å². The quantitative estimate of drug-likeness (QED) is 0.330. The van der Waals surface area contributed by atoms with Gasteiger partial charge in [-0.2, -0.15) is 0 Å². The number of aromatic nitrogens is 3. The van der Waals surface area contributed by atoms with Gasteiger partial charge in [-0.15, -0.1) is 0 Å². The number of benzene rings is 2. The molecule has 6 nitrogen and oxygen atoms in total. The second kappa shape index (κ2) is 9.58. The third-order valence-electron chi connectivity index (χ3n) is 5.81. The molecule has 0 spiro atoms. The minimum atomic E-state index is -0.0261. The molecule has 168 valence electrons. The molecule has 0 unspecified atom stereocenters. The standard InChI is InChI=1S/C28H24N4O2/c33-27(31-15-11-22-4-1-2-13-30-22)16-19-7-9-20(10-8-19)23-5-3-6-24(28(23)34)26-17-21-18-29-14-12-25(21)32-26/h1-10,12-14,17-18,32,34H,11,15-16H2,(H,31,33). The third kappa shape index (κ3) is 4.66. The first-order valence-electron chi connectivity index (χ1n) is 11.2. The van der Waals surface area contributed by atoms with Crippen LogP contribution in [0.15, 0.2) is 91.4 Å². The van der Waals surface area contributed by atoms with Gasteiger partial charge in [-0.25, -0.2) is 0 Å². The Kier molecular flexibility index (Phi) is 6.03. The lowest BCUT2D eigenvalue weighted by molar-refractivity contribution is -0.120. The van der Waals surface area contributed by atoms with Crippen LogP contribution in [0, 0.1) is 0 Å². The smallest absolute Gasteiger partial charge is 0.224 e. The number of carbonyl (C=O) groups is 1. The highest BCUT2D eigenvalue weighted by atomic mass is 16.3. The second-order valence-corrected chi connectivity index (χ2v) is 8.14. The van der Waals surface area contributed by atoms with Gasteiger partial charge in [0, 0.05) is 59.3 Å². The normalized spacial score (nSPS) is 10.9. The van der Waals surface area contributed by atoms with Crippen LogP contribution in [0.5, 0.6) is 5.75 Å². The highest BCUT2D eigenvalue weighted by Gasteiger charge is 2.13. The second-order valence-electron chi connectivity index (χ2n) is 8.14. The molecule has 0 bridgehead atoms. The number of nitrogens with zero attached hydrogens (tertiary/aromatic N) is 2. The van der Waals surface area contributed by atoms with Gasteiger partial charge in [-0.3, -0.25) is 14.8 Å². The van der Waals surface area contributed by atoms with Crippen molar-refractivity contribution in [2.75, 3.05) is 6.54 Å². The average Bonchev–Trinajstić information content (AvgIpc) is 3.29. The SMILES string of the molecule is O=C(Cc1ccc(-c2cccc(-c3cc4cnccc4[nH]3)c2O)cc1)NCCc1ccccn1. The Balaban J connectivity index is 1.27. The lowest BCUT2D eigenvalue weighted by Gasteiger charge is -2.10. The molecule has 0 radical (unpaired) electrons. The number of pyridine rings is 2. The van der Waals surface area contributed by atoms with Gasteiger partial charge >= 0.3 is 0 Å². The minimum absolute atomic E-state index is 0.0261. The van der Waals surface area contributed by atoms with Crippen molar-refractivity contribution in [2.24, 2.45) is 0 Å². The van der Waals surface area contributed by atoms with Gasteiger partial charge in [0.05, 0.1) is 12.1 Å². The van der Waals surface area contributed by atoms with Gasteiger partial charge in [-0.05, 0) is 41.5 Å². The Morgan fingerprint density at radius 1 is 0.941 bits per heavy atom. The molecule has 1 amide bonds. The van der Waals surface area contributed by atoms with Crippen LogP contribution in [0.4, 0.5) is 0 Å². The first kappa shape index (κ1) is 21.4. The molecule has 3 N–H and O–H groups in total. The number of phenolic OH excluding ortho intramolecular Hbond substituents is 1. The van der Waals surface area contributed by atoms with Crippen molar-refractivity contribution < 1.29 is 9.90 Å². The van der Waals surface area contributed by atoms with Crippen molar-refractivity contribution >= 4 is 16.8 Å². The van der Waals surface area contributed by atoms with E-state index in [1.54, 1.807) is 18.6 Å². The molecular weight excluding hydrogens is 424 g/mol. The summed E-state index contributed by atoms with van der Waals surface area (Å²) in [6.07, 6.45) is 6.29. The molecule has 0 atom stereocenters. The van der Waals surface area contributed by atoms with Gasteiger partial charge in [0.1, 0.15) is 5.75 Å². The summed E-state index contributed by atoms with van der Waals surface area (Å²) in [4.78, 5) is 24.1. The maximum atomic E-state index is 12.3. The lowest BCUT2D eigenvalue weighted by atomic mass is 9.98. The molecule has 5 aromatic rings. The fraction of sp³-hybridized carbons (Fsp3) is 0.107. The van der Waals surface area contributed by atoms with Crippen LogP contribution in [-0.2, 0) is 17.6 Å². The number of fused-ring (bicyclic) bond motifs is 1. The van der Waals surface area contributed by atoms with Crippen LogP contribution in [0.1, 0.15) is 11.3 Å². The Hall–Kier alpha value is -4.45. The van der Waals surface area contributed by atoms with Crippen LogP contribution >= 0.6 is 0 Å². The van der Waals surface area contributed by atoms with E-state index in [-0.39, 0.29) is 11.7 Å². The Labute approximate surface area is 197 Å². The number of hydrogen-bond acceptors (Lipinski definition) is 4. The van der Waals surface area contributed by atoms with Crippen molar-refractivity contribution in [2.45, 2.75) is 12.8 Å². The number of rotatable bonds is 7. The van der Waals surface area contributed by atoms with Crippen molar-refractivity contribution in [3.05, 3.63) is 103 Å². The van der Waals surface area contributed by atoms with E-state index in [1.165, 1.54) is 0 Å². The van der Waals surface area contributed by atoms with Crippen molar-refractivity contribution in [1.82, 2.24) is 20.3 Å². The van der Waals surface area contributed by atoms with Crippen LogP contribution < -0.4 is 5.32 Å². The number of aromatic hydroxyl groups is 1. The Morgan fingerprint density at radius 2 is 1.79 bits per heavy atom. The minimum Gasteiger partial charge on any atom is -0.507 e. The zero-order valence-electron chi connectivity index (χ0n) is 18.5. The van der Waals surface area contributed by atoms with E-state index in [4.69, 9.17) is 0 Å².